The van der Waals surface area contributed by atoms with Gasteiger partial charge >= 0.3 is 6.09 Å². The monoisotopic (exact) mass is 659 g/mol. The molecule has 47 heavy (non-hydrogen) atoms. The lowest BCUT2D eigenvalue weighted by Gasteiger charge is -2.35. The van der Waals surface area contributed by atoms with E-state index in [1.54, 1.807) is 49.8 Å². The van der Waals surface area contributed by atoms with Gasteiger partial charge in [-0.3, -0.25) is 9.59 Å². The third kappa shape index (κ3) is 8.63. The number of carbonyl (C=O) groups excluding carboxylic acids is 3. The number of rotatable bonds is 10. The minimum Gasteiger partial charge on any atom is -0.445 e. The van der Waals surface area contributed by atoms with Gasteiger partial charge in [0.1, 0.15) is 16.9 Å². The summed E-state index contributed by atoms with van der Waals surface area (Å²) in [7, 11) is 1.68. The molecule has 248 valence electrons. The quantitative estimate of drug-likeness (QED) is 0.228. The fourth-order valence-electron chi connectivity index (χ4n) is 5.68. The molecule has 1 aliphatic rings. The highest BCUT2D eigenvalue weighted by Crippen LogP contribution is 2.27. The van der Waals surface area contributed by atoms with E-state index in [2.05, 4.69) is 15.3 Å². The van der Waals surface area contributed by atoms with Gasteiger partial charge in [-0.15, -0.1) is 11.3 Å². The predicted octanol–water partition coefficient (Wildman–Crippen LogP) is 5.48. The summed E-state index contributed by atoms with van der Waals surface area (Å²) in [6, 6.07) is 13.0. The number of benzene rings is 2. The molecule has 0 unspecified atom stereocenters. The summed E-state index contributed by atoms with van der Waals surface area (Å²) in [5, 5.41) is 17.5. The van der Waals surface area contributed by atoms with Gasteiger partial charge in [0.15, 0.2) is 0 Å². The predicted molar refractivity (Wildman–Crippen MR) is 178 cm³/mol. The van der Waals surface area contributed by atoms with E-state index in [1.165, 1.54) is 29.9 Å². The van der Waals surface area contributed by atoms with E-state index in [4.69, 9.17) is 9.15 Å². The normalized spacial score (nSPS) is 16.0. The third-order valence-corrected chi connectivity index (χ3v) is 8.81. The van der Waals surface area contributed by atoms with Gasteiger partial charge in [0.2, 0.25) is 5.89 Å². The van der Waals surface area contributed by atoms with Crippen LogP contribution in [0.2, 0.25) is 0 Å². The molecule has 1 aliphatic heterocycles. The van der Waals surface area contributed by atoms with Crippen LogP contribution in [0, 0.1) is 6.92 Å². The van der Waals surface area contributed by atoms with Gasteiger partial charge in [-0.05, 0) is 70.7 Å². The lowest BCUT2D eigenvalue weighted by atomic mass is 9.94. The molecule has 1 saturated heterocycles. The van der Waals surface area contributed by atoms with E-state index >= 15 is 0 Å². The molecule has 0 radical (unpaired) electrons. The van der Waals surface area contributed by atoms with E-state index in [-0.39, 0.29) is 22.9 Å². The Labute approximate surface area is 278 Å². The molecular weight excluding hydrogens is 618 g/mol. The van der Waals surface area contributed by atoms with Crippen LogP contribution in [0.1, 0.15) is 70.6 Å². The molecule has 1 fully saturated rings. The molecule has 0 bridgehead atoms. The average Bonchev–Trinajstić information content (AvgIpc) is 3.82. The first-order chi connectivity index (χ1) is 22.4. The minimum atomic E-state index is -1.10. The zero-order valence-corrected chi connectivity index (χ0v) is 28.1. The molecule has 4 aromatic rings. The van der Waals surface area contributed by atoms with Crippen LogP contribution in [0.15, 0.2) is 70.8 Å². The van der Waals surface area contributed by atoms with Crippen molar-refractivity contribution in [1.29, 1.82) is 0 Å². The first-order valence-corrected chi connectivity index (χ1v) is 16.5. The smallest absolute Gasteiger partial charge is 0.410 e. The summed E-state index contributed by atoms with van der Waals surface area (Å²) in [6.45, 7) is 8.05. The maximum absolute atomic E-state index is 14.0. The minimum absolute atomic E-state index is 0.197. The van der Waals surface area contributed by atoms with Crippen molar-refractivity contribution in [1.82, 2.24) is 25.1 Å². The Morgan fingerprint density at radius 2 is 1.91 bits per heavy atom. The number of nitrogens with one attached hydrogen (secondary N) is 1. The van der Waals surface area contributed by atoms with Crippen molar-refractivity contribution in [3.63, 3.8) is 0 Å². The summed E-state index contributed by atoms with van der Waals surface area (Å²) in [5.74, 6) is -0.542. The number of likely N-dealkylation sites (tertiary alicyclic amines) is 1. The van der Waals surface area contributed by atoms with Crippen molar-refractivity contribution < 1.29 is 28.6 Å². The fraction of sp³-hybridized carbons (Fsp3) is 0.400. The van der Waals surface area contributed by atoms with Crippen molar-refractivity contribution in [3.8, 4) is 11.5 Å². The van der Waals surface area contributed by atoms with E-state index in [1.807, 2.05) is 42.6 Å². The van der Waals surface area contributed by atoms with Crippen LogP contribution >= 0.6 is 11.3 Å². The molecule has 5 rings (SSSR count). The van der Waals surface area contributed by atoms with Crippen molar-refractivity contribution in [3.05, 3.63) is 93.8 Å². The van der Waals surface area contributed by atoms with Gasteiger partial charge in [-0.1, -0.05) is 30.3 Å². The highest BCUT2D eigenvalue weighted by atomic mass is 32.1. The summed E-state index contributed by atoms with van der Waals surface area (Å²) in [4.78, 5) is 52.5. The highest BCUT2D eigenvalue weighted by molar-refractivity contribution is 7.09. The molecule has 3 amide bonds. The van der Waals surface area contributed by atoms with Crippen LogP contribution in [0.4, 0.5) is 4.79 Å². The molecule has 12 heteroatoms. The second-order valence-electron chi connectivity index (χ2n) is 12.8. The van der Waals surface area contributed by atoms with E-state index in [0.717, 1.165) is 16.3 Å². The summed E-state index contributed by atoms with van der Waals surface area (Å²) in [6.07, 6.45) is 2.89. The van der Waals surface area contributed by atoms with Crippen LogP contribution < -0.4 is 5.32 Å². The molecule has 0 saturated carbocycles. The molecule has 0 aliphatic carbocycles. The Kier molecular flexibility index (Phi) is 10.4. The first-order valence-electron chi connectivity index (χ1n) is 15.6. The average molecular weight is 660 g/mol. The number of aliphatic hydroxyl groups is 1. The number of aromatic nitrogens is 2. The maximum atomic E-state index is 14.0. The maximum Gasteiger partial charge on any atom is 0.410 e. The number of aliphatic hydroxyl groups excluding tert-OH is 1. The van der Waals surface area contributed by atoms with E-state index in [0.29, 0.717) is 37.9 Å². The van der Waals surface area contributed by atoms with Gasteiger partial charge in [0.05, 0.1) is 30.9 Å². The van der Waals surface area contributed by atoms with Crippen LogP contribution in [0.5, 0.6) is 0 Å². The Morgan fingerprint density at radius 3 is 2.57 bits per heavy atom. The number of ether oxygens (including phenoxy) is 1. The number of hydrogen-bond acceptors (Lipinski definition) is 9. The zero-order valence-electron chi connectivity index (χ0n) is 27.3. The molecule has 2 aromatic heterocycles. The van der Waals surface area contributed by atoms with Gasteiger partial charge in [-0.25, -0.2) is 14.8 Å². The van der Waals surface area contributed by atoms with Gasteiger partial charge in [0.25, 0.3) is 11.8 Å². The third-order valence-electron chi connectivity index (χ3n) is 7.86. The highest BCUT2D eigenvalue weighted by Gasteiger charge is 2.40. The number of aryl methyl sites for hydroxylation is 1. The molecular formula is C35H41N5O6S. The first kappa shape index (κ1) is 33.8. The van der Waals surface area contributed by atoms with E-state index < -0.39 is 35.8 Å². The Bertz CT molecular complexity index is 1680. The van der Waals surface area contributed by atoms with E-state index in [9.17, 15) is 19.5 Å². The molecule has 11 nitrogen and oxygen atoms in total. The lowest BCUT2D eigenvalue weighted by Crippen LogP contribution is -2.54. The second-order valence-corrected chi connectivity index (χ2v) is 13.8. The summed E-state index contributed by atoms with van der Waals surface area (Å²) < 4.78 is 11.1. The molecule has 3 heterocycles. The summed E-state index contributed by atoms with van der Waals surface area (Å²) in [5.41, 5.74) is 2.02. The zero-order chi connectivity index (χ0) is 33.7. The molecule has 2 N–H and O–H groups in total. The molecule has 2 aromatic carbocycles. The Balaban J connectivity index is 1.43. The van der Waals surface area contributed by atoms with Gasteiger partial charge < -0.3 is 29.4 Å². The van der Waals surface area contributed by atoms with Crippen molar-refractivity contribution in [2.75, 3.05) is 13.6 Å². The van der Waals surface area contributed by atoms with Crippen molar-refractivity contribution in [2.45, 2.75) is 77.3 Å². The number of amides is 3. The number of hydrogen-bond donors (Lipinski definition) is 2. The van der Waals surface area contributed by atoms with Crippen LogP contribution in [0.3, 0.4) is 0 Å². The number of nitrogens with zero attached hydrogens (tertiary/aromatic N) is 4. The fourth-order valence-corrected chi connectivity index (χ4v) is 6.51. The number of oxazole rings is 1. The molecule has 0 spiro atoms. The largest absolute Gasteiger partial charge is 0.445 e. The van der Waals surface area contributed by atoms with Gasteiger partial charge in [0, 0.05) is 41.4 Å². The Morgan fingerprint density at radius 1 is 1.17 bits per heavy atom. The lowest BCUT2D eigenvalue weighted by molar-refractivity contribution is -0.00161. The summed E-state index contributed by atoms with van der Waals surface area (Å²) >= 11 is 1.47. The SMILES string of the molecule is Cc1csc(CN(C)C(=O)c2cc(C(=O)N[C@@H](Cc3ccccc3)[C@H](O)[C@H]3CCCN3C(=O)OC(C)(C)C)cc(-c3ncco3)c2)n1. The second kappa shape index (κ2) is 14.5. The van der Waals surface area contributed by atoms with Crippen molar-refractivity contribution >= 4 is 29.2 Å². The Hall–Kier alpha value is -4.55. The number of thiazole rings is 1. The van der Waals surface area contributed by atoms with Crippen molar-refractivity contribution in [2.24, 2.45) is 0 Å². The number of carbonyl (C=O) groups is 3. The molecule has 3 atom stereocenters. The van der Waals surface area contributed by atoms with Gasteiger partial charge in [-0.2, -0.15) is 0 Å². The standard InChI is InChI=1S/C35H41N5O6S/c1-22-21-47-29(37-22)20-39(5)33(43)26-18-24(17-25(19-26)32-36-13-15-45-32)31(42)38-27(16-23-10-7-6-8-11-23)30(41)28-12-9-14-40(28)34(44)46-35(2,3)4/h6-8,10-11,13,15,17-19,21,27-28,30,41H,9,12,14,16,20H2,1-5H3,(H,38,42)/t27-,28+,30-/m0/s1. The topological polar surface area (TPSA) is 138 Å². The van der Waals surface area contributed by atoms with Crippen LogP contribution in [-0.4, -0.2) is 80.2 Å². The van der Waals surface area contributed by atoms with Crippen LogP contribution in [-0.2, 0) is 17.7 Å². The van der Waals surface area contributed by atoms with Crippen LogP contribution in [0.25, 0.3) is 11.5 Å².